The highest BCUT2D eigenvalue weighted by Gasteiger charge is 2.36. The Balaban J connectivity index is 2.41. The van der Waals surface area contributed by atoms with Gasteiger partial charge in [0.2, 0.25) is 10.0 Å². The molecular formula is C13H20BrN3O3S. The summed E-state index contributed by atoms with van der Waals surface area (Å²) in [4.78, 5) is 4.36. The van der Waals surface area contributed by atoms with Crippen LogP contribution in [0, 0.1) is 0 Å². The summed E-state index contributed by atoms with van der Waals surface area (Å²) in [5.41, 5.74) is -0.483. The number of hydrogen-bond donors (Lipinski definition) is 1. The molecule has 0 bridgehead atoms. The molecule has 0 radical (unpaired) electrons. The SMILES string of the molecule is CCNc1ncc(Br)cc1S(=O)(=O)N1CCOC(C)(C)C1. The maximum atomic E-state index is 12.9. The highest BCUT2D eigenvalue weighted by molar-refractivity contribution is 9.10. The molecule has 2 heterocycles. The van der Waals surface area contributed by atoms with Gasteiger partial charge in [-0.2, -0.15) is 4.31 Å². The summed E-state index contributed by atoms with van der Waals surface area (Å²) < 4.78 is 33.5. The van der Waals surface area contributed by atoms with Crippen molar-refractivity contribution < 1.29 is 13.2 Å². The van der Waals surface area contributed by atoms with Crippen molar-refractivity contribution in [2.45, 2.75) is 31.3 Å². The molecule has 118 valence electrons. The normalized spacial score (nSPS) is 19.4. The summed E-state index contributed by atoms with van der Waals surface area (Å²) in [7, 11) is -3.61. The predicted octanol–water partition coefficient (Wildman–Crippen LogP) is 2.08. The van der Waals surface area contributed by atoms with Crippen LogP contribution >= 0.6 is 15.9 Å². The van der Waals surface area contributed by atoms with E-state index in [1.807, 2.05) is 20.8 Å². The van der Waals surface area contributed by atoms with Crippen molar-refractivity contribution in [2.75, 3.05) is 31.6 Å². The molecule has 1 saturated heterocycles. The van der Waals surface area contributed by atoms with Crippen LogP contribution in [0.25, 0.3) is 0 Å². The van der Waals surface area contributed by atoms with E-state index < -0.39 is 15.6 Å². The Bertz CT molecular complexity index is 619. The second-order valence-electron chi connectivity index (χ2n) is 5.48. The van der Waals surface area contributed by atoms with Crippen molar-refractivity contribution in [3.8, 4) is 0 Å². The van der Waals surface area contributed by atoms with Gasteiger partial charge in [-0.25, -0.2) is 13.4 Å². The molecule has 8 heteroatoms. The molecule has 0 spiro atoms. The van der Waals surface area contributed by atoms with E-state index in [0.29, 0.717) is 36.5 Å². The lowest BCUT2D eigenvalue weighted by Gasteiger charge is -2.37. The summed E-state index contributed by atoms with van der Waals surface area (Å²) in [6.45, 7) is 7.35. The third kappa shape index (κ3) is 3.74. The zero-order chi connectivity index (χ0) is 15.7. The largest absolute Gasteiger partial charge is 0.373 e. The lowest BCUT2D eigenvalue weighted by Crippen LogP contribution is -2.50. The van der Waals surface area contributed by atoms with E-state index in [-0.39, 0.29) is 4.90 Å². The van der Waals surface area contributed by atoms with Crippen LogP contribution in [-0.2, 0) is 14.8 Å². The third-order valence-electron chi connectivity index (χ3n) is 3.17. The molecule has 6 nitrogen and oxygen atoms in total. The van der Waals surface area contributed by atoms with Crippen LogP contribution in [0.15, 0.2) is 21.6 Å². The zero-order valence-electron chi connectivity index (χ0n) is 12.4. The summed E-state index contributed by atoms with van der Waals surface area (Å²) in [5.74, 6) is 0.380. The minimum absolute atomic E-state index is 0.191. The standard InChI is InChI=1S/C13H20BrN3O3S/c1-4-15-12-11(7-10(14)8-16-12)21(18,19)17-5-6-20-13(2,3)9-17/h7-8H,4-6,9H2,1-3H3,(H,15,16). The maximum absolute atomic E-state index is 12.9. The number of rotatable bonds is 4. The molecular weight excluding hydrogens is 358 g/mol. The van der Waals surface area contributed by atoms with Gasteiger partial charge in [0.15, 0.2) is 0 Å². The van der Waals surface area contributed by atoms with E-state index in [0.717, 1.165) is 0 Å². The van der Waals surface area contributed by atoms with E-state index in [2.05, 4.69) is 26.2 Å². The monoisotopic (exact) mass is 377 g/mol. The lowest BCUT2D eigenvalue weighted by molar-refractivity contribution is -0.0640. The molecule has 0 unspecified atom stereocenters. The molecule has 1 fully saturated rings. The van der Waals surface area contributed by atoms with E-state index in [9.17, 15) is 8.42 Å². The number of halogens is 1. The van der Waals surface area contributed by atoms with E-state index in [1.54, 1.807) is 12.3 Å². The third-order valence-corrected chi connectivity index (χ3v) is 5.46. The number of aromatic nitrogens is 1. The highest BCUT2D eigenvalue weighted by atomic mass is 79.9. The Morgan fingerprint density at radius 3 is 2.86 bits per heavy atom. The molecule has 1 N–H and O–H groups in total. The van der Waals surface area contributed by atoms with Gasteiger partial charge in [0.25, 0.3) is 0 Å². The van der Waals surface area contributed by atoms with Crippen LogP contribution in [0.1, 0.15) is 20.8 Å². The van der Waals surface area contributed by atoms with Crippen molar-refractivity contribution in [2.24, 2.45) is 0 Å². The van der Waals surface area contributed by atoms with Crippen LogP contribution in [-0.4, -0.2) is 49.5 Å². The summed E-state index contributed by atoms with van der Waals surface area (Å²) in [6.07, 6.45) is 1.58. The van der Waals surface area contributed by atoms with Gasteiger partial charge < -0.3 is 10.1 Å². The Hall–Kier alpha value is -0.700. The average Bonchev–Trinajstić information content (AvgIpc) is 2.40. The van der Waals surface area contributed by atoms with Gasteiger partial charge in [-0.3, -0.25) is 0 Å². The van der Waals surface area contributed by atoms with Crippen molar-refractivity contribution >= 4 is 31.8 Å². The molecule has 0 aromatic carbocycles. The number of nitrogens with one attached hydrogen (secondary N) is 1. The van der Waals surface area contributed by atoms with Crippen LogP contribution in [0.3, 0.4) is 0 Å². The number of pyridine rings is 1. The number of nitrogens with zero attached hydrogens (tertiary/aromatic N) is 2. The van der Waals surface area contributed by atoms with Crippen molar-refractivity contribution in [1.82, 2.24) is 9.29 Å². The highest BCUT2D eigenvalue weighted by Crippen LogP contribution is 2.29. The van der Waals surface area contributed by atoms with Crippen molar-refractivity contribution in [3.63, 3.8) is 0 Å². The second kappa shape index (κ2) is 6.20. The number of morpholine rings is 1. The fourth-order valence-corrected chi connectivity index (χ4v) is 4.44. The van der Waals surface area contributed by atoms with Crippen molar-refractivity contribution in [1.29, 1.82) is 0 Å². The van der Waals surface area contributed by atoms with Gasteiger partial charge in [-0.05, 0) is 42.8 Å². The smallest absolute Gasteiger partial charge is 0.246 e. The van der Waals surface area contributed by atoms with Crippen LogP contribution in [0.5, 0.6) is 0 Å². The van der Waals surface area contributed by atoms with E-state index >= 15 is 0 Å². The molecule has 1 aromatic heterocycles. The molecule has 0 atom stereocenters. The quantitative estimate of drug-likeness (QED) is 0.869. The summed E-state index contributed by atoms with van der Waals surface area (Å²) >= 11 is 3.29. The topological polar surface area (TPSA) is 71.5 Å². The molecule has 1 aliphatic heterocycles. The minimum atomic E-state index is -3.61. The number of sulfonamides is 1. The fraction of sp³-hybridized carbons (Fsp3) is 0.615. The molecule has 0 aliphatic carbocycles. The van der Waals surface area contributed by atoms with Crippen molar-refractivity contribution in [3.05, 3.63) is 16.7 Å². The molecule has 1 aromatic rings. The van der Waals surface area contributed by atoms with E-state index in [4.69, 9.17) is 4.74 Å². The van der Waals surface area contributed by atoms with Gasteiger partial charge in [0.1, 0.15) is 10.7 Å². The van der Waals surface area contributed by atoms with E-state index in [1.165, 1.54) is 4.31 Å². The predicted molar refractivity (Wildman–Crippen MR) is 84.9 cm³/mol. The Labute approximate surface area is 134 Å². The van der Waals surface area contributed by atoms with Crippen LogP contribution in [0.4, 0.5) is 5.82 Å². The van der Waals surface area contributed by atoms with Crippen LogP contribution < -0.4 is 5.32 Å². The van der Waals surface area contributed by atoms with Gasteiger partial charge in [0, 0.05) is 30.3 Å². The average molecular weight is 378 g/mol. The van der Waals surface area contributed by atoms with Gasteiger partial charge in [-0.15, -0.1) is 0 Å². The molecule has 21 heavy (non-hydrogen) atoms. The first-order valence-corrected chi connectivity index (χ1v) is 9.03. The first kappa shape index (κ1) is 16.7. The molecule has 0 amide bonds. The Morgan fingerprint density at radius 1 is 1.52 bits per heavy atom. The molecule has 1 aliphatic rings. The lowest BCUT2D eigenvalue weighted by atomic mass is 10.1. The Morgan fingerprint density at radius 2 is 2.24 bits per heavy atom. The first-order chi connectivity index (χ1) is 9.76. The molecule has 0 saturated carbocycles. The first-order valence-electron chi connectivity index (χ1n) is 6.80. The fourth-order valence-electron chi connectivity index (χ4n) is 2.23. The number of anilines is 1. The number of hydrogen-bond acceptors (Lipinski definition) is 5. The van der Waals surface area contributed by atoms with Gasteiger partial charge in [-0.1, -0.05) is 0 Å². The number of ether oxygens (including phenoxy) is 1. The minimum Gasteiger partial charge on any atom is -0.373 e. The maximum Gasteiger partial charge on any atom is 0.246 e. The van der Waals surface area contributed by atoms with Crippen LogP contribution in [0.2, 0.25) is 0 Å². The summed E-state index contributed by atoms with van der Waals surface area (Å²) in [6, 6.07) is 1.59. The van der Waals surface area contributed by atoms with Gasteiger partial charge in [0.05, 0.1) is 12.2 Å². The zero-order valence-corrected chi connectivity index (χ0v) is 14.8. The second-order valence-corrected chi connectivity index (χ2v) is 8.30. The Kier molecular flexibility index (Phi) is 4.92. The molecule has 2 rings (SSSR count). The summed E-state index contributed by atoms with van der Waals surface area (Å²) in [5, 5.41) is 3.00. The van der Waals surface area contributed by atoms with Gasteiger partial charge >= 0.3 is 0 Å².